The van der Waals surface area contributed by atoms with Crippen LogP contribution < -0.4 is 4.90 Å². The molecule has 0 spiro atoms. The molecule has 1 aromatic heterocycles. The fourth-order valence-corrected chi connectivity index (χ4v) is 3.47. The molecule has 24 heavy (non-hydrogen) atoms. The minimum Gasteiger partial charge on any atom is -0.464 e. The van der Waals surface area contributed by atoms with Crippen molar-refractivity contribution in [3.8, 4) is 0 Å². The zero-order valence-corrected chi connectivity index (χ0v) is 14.1. The fraction of sp³-hybridized carbons (Fsp3) is 0.647. The monoisotopic (exact) mass is 332 g/mol. The number of esters is 1. The zero-order valence-electron chi connectivity index (χ0n) is 14.1. The number of methoxy groups -OCH3 is 1. The summed E-state index contributed by atoms with van der Waals surface area (Å²) in [5.74, 6) is 1.29. The molecule has 0 unspecified atom stereocenters. The van der Waals surface area contributed by atoms with E-state index in [1.165, 1.54) is 13.4 Å². The Balaban J connectivity index is 1.50. The van der Waals surface area contributed by atoms with E-state index < -0.39 is 5.97 Å². The Bertz CT molecular complexity index is 599. The van der Waals surface area contributed by atoms with Crippen molar-refractivity contribution in [3.05, 3.63) is 18.1 Å². The second-order valence-corrected chi connectivity index (χ2v) is 6.46. The van der Waals surface area contributed by atoms with Crippen molar-refractivity contribution in [2.75, 3.05) is 38.2 Å². The molecule has 0 N–H and O–H groups in total. The van der Waals surface area contributed by atoms with Crippen molar-refractivity contribution < 1.29 is 14.3 Å². The van der Waals surface area contributed by atoms with Crippen LogP contribution in [0, 0.1) is 5.92 Å². The number of carbonyl (C=O) groups is 2. The number of amides is 1. The van der Waals surface area contributed by atoms with Crippen LogP contribution in [0.25, 0.3) is 0 Å². The van der Waals surface area contributed by atoms with Gasteiger partial charge in [0.1, 0.15) is 12.1 Å². The van der Waals surface area contributed by atoms with E-state index in [9.17, 15) is 9.59 Å². The van der Waals surface area contributed by atoms with Gasteiger partial charge in [0.2, 0.25) is 5.91 Å². The Hall–Kier alpha value is -2.18. The molecule has 0 aromatic carbocycles. The first-order chi connectivity index (χ1) is 11.7. The van der Waals surface area contributed by atoms with Gasteiger partial charge in [0, 0.05) is 38.7 Å². The van der Waals surface area contributed by atoms with Crippen LogP contribution in [0.3, 0.4) is 0 Å². The first-order valence-electron chi connectivity index (χ1n) is 8.60. The average Bonchev–Trinajstić information content (AvgIpc) is 3.05. The SMILES string of the molecule is COC(=O)c1cc(N2CCC(CCN3CCCC3=O)CC2)ncn1. The number of anilines is 1. The van der Waals surface area contributed by atoms with E-state index in [4.69, 9.17) is 4.74 Å². The number of hydrogen-bond donors (Lipinski definition) is 0. The molecular formula is C17H24N4O3. The van der Waals surface area contributed by atoms with Gasteiger partial charge >= 0.3 is 5.97 Å². The Labute approximate surface area is 142 Å². The number of piperidine rings is 1. The van der Waals surface area contributed by atoms with E-state index in [2.05, 4.69) is 14.9 Å². The summed E-state index contributed by atoms with van der Waals surface area (Å²) < 4.78 is 4.71. The summed E-state index contributed by atoms with van der Waals surface area (Å²) in [6, 6.07) is 1.69. The number of hydrogen-bond acceptors (Lipinski definition) is 6. The van der Waals surface area contributed by atoms with Crippen LogP contribution in [-0.4, -0.2) is 60.0 Å². The van der Waals surface area contributed by atoms with Gasteiger partial charge < -0.3 is 14.5 Å². The Morgan fingerprint density at radius 2 is 2.08 bits per heavy atom. The quantitative estimate of drug-likeness (QED) is 0.761. The molecule has 0 bridgehead atoms. The Kier molecular flexibility index (Phi) is 5.27. The molecule has 0 saturated carbocycles. The highest BCUT2D eigenvalue weighted by molar-refractivity contribution is 5.87. The van der Waals surface area contributed by atoms with Gasteiger partial charge in [0.25, 0.3) is 0 Å². The topological polar surface area (TPSA) is 75.6 Å². The third-order valence-electron chi connectivity index (χ3n) is 4.96. The summed E-state index contributed by atoms with van der Waals surface area (Å²) in [7, 11) is 1.35. The van der Waals surface area contributed by atoms with E-state index >= 15 is 0 Å². The Morgan fingerprint density at radius 1 is 1.29 bits per heavy atom. The van der Waals surface area contributed by atoms with Gasteiger partial charge in [0.05, 0.1) is 7.11 Å². The van der Waals surface area contributed by atoms with E-state index in [1.54, 1.807) is 6.07 Å². The maximum absolute atomic E-state index is 11.7. The predicted molar refractivity (Wildman–Crippen MR) is 88.7 cm³/mol. The molecular weight excluding hydrogens is 308 g/mol. The number of likely N-dealkylation sites (tertiary alicyclic amines) is 1. The average molecular weight is 332 g/mol. The molecule has 1 aromatic rings. The van der Waals surface area contributed by atoms with E-state index in [0.717, 1.165) is 57.7 Å². The van der Waals surface area contributed by atoms with E-state index in [1.807, 2.05) is 4.90 Å². The van der Waals surface area contributed by atoms with Crippen LogP contribution in [0.5, 0.6) is 0 Å². The number of carbonyl (C=O) groups excluding carboxylic acids is 2. The number of aromatic nitrogens is 2. The van der Waals surface area contributed by atoms with Crippen molar-refractivity contribution >= 4 is 17.7 Å². The molecule has 2 aliphatic heterocycles. The van der Waals surface area contributed by atoms with Gasteiger partial charge in [-0.05, 0) is 31.6 Å². The van der Waals surface area contributed by atoms with E-state index in [0.29, 0.717) is 18.2 Å². The molecule has 3 heterocycles. The zero-order chi connectivity index (χ0) is 16.9. The number of nitrogens with zero attached hydrogens (tertiary/aromatic N) is 4. The maximum Gasteiger partial charge on any atom is 0.356 e. The molecule has 3 rings (SSSR count). The number of rotatable bonds is 5. The van der Waals surface area contributed by atoms with Gasteiger partial charge in [-0.3, -0.25) is 4.79 Å². The highest BCUT2D eigenvalue weighted by Crippen LogP contribution is 2.25. The van der Waals surface area contributed by atoms with Crippen LogP contribution in [0.1, 0.15) is 42.6 Å². The smallest absolute Gasteiger partial charge is 0.356 e. The van der Waals surface area contributed by atoms with Gasteiger partial charge in [-0.25, -0.2) is 14.8 Å². The lowest BCUT2D eigenvalue weighted by Gasteiger charge is -2.33. The minimum absolute atomic E-state index is 0.289. The normalized spacial score (nSPS) is 19.0. The lowest BCUT2D eigenvalue weighted by Crippen LogP contribution is -2.36. The van der Waals surface area contributed by atoms with Gasteiger partial charge in [0.15, 0.2) is 5.69 Å². The predicted octanol–water partition coefficient (Wildman–Crippen LogP) is 1.49. The fourth-order valence-electron chi connectivity index (χ4n) is 3.47. The van der Waals surface area contributed by atoms with Crippen molar-refractivity contribution in [1.29, 1.82) is 0 Å². The molecule has 0 atom stereocenters. The maximum atomic E-state index is 11.7. The second kappa shape index (κ2) is 7.59. The largest absolute Gasteiger partial charge is 0.464 e. The standard InChI is InChI=1S/C17H24N4O3/c1-24-17(23)14-11-15(19-12-18-14)20-8-4-13(5-9-20)6-10-21-7-2-3-16(21)22/h11-13H,2-10H2,1H3. The molecule has 7 nitrogen and oxygen atoms in total. The highest BCUT2D eigenvalue weighted by atomic mass is 16.5. The molecule has 130 valence electrons. The molecule has 1 amide bonds. The van der Waals surface area contributed by atoms with Crippen molar-refractivity contribution in [2.24, 2.45) is 5.92 Å². The lowest BCUT2D eigenvalue weighted by molar-refractivity contribution is -0.127. The molecule has 0 radical (unpaired) electrons. The second-order valence-electron chi connectivity index (χ2n) is 6.46. The van der Waals surface area contributed by atoms with E-state index in [-0.39, 0.29) is 5.69 Å². The van der Waals surface area contributed by atoms with Crippen molar-refractivity contribution in [1.82, 2.24) is 14.9 Å². The molecule has 2 fully saturated rings. The third-order valence-corrected chi connectivity index (χ3v) is 4.96. The van der Waals surface area contributed by atoms with Crippen LogP contribution in [-0.2, 0) is 9.53 Å². The minimum atomic E-state index is -0.441. The van der Waals surface area contributed by atoms with Gasteiger partial charge in [-0.15, -0.1) is 0 Å². The Morgan fingerprint density at radius 3 is 2.75 bits per heavy atom. The van der Waals surface area contributed by atoms with Crippen LogP contribution in [0.4, 0.5) is 5.82 Å². The van der Waals surface area contributed by atoms with Gasteiger partial charge in [-0.1, -0.05) is 0 Å². The van der Waals surface area contributed by atoms with Crippen LogP contribution in [0.2, 0.25) is 0 Å². The third kappa shape index (κ3) is 3.83. The first-order valence-corrected chi connectivity index (χ1v) is 8.60. The number of ether oxygens (including phenoxy) is 1. The summed E-state index contributed by atoms with van der Waals surface area (Å²) in [6.45, 7) is 3.64. The van der Waals surface area contributed by atoms with Gasteiger partial charge in [-0.2, -0.15) is 0 Å². The molecule has 7 heteroatoms. The summed E-state index contributed by atoms with van der Waals surface area (Å²) in [6.07, 6.45) is 6.38. The summed E-state index contributed by atoms with van der Waals surface area (Å²) in [5.41, 5.74) is 0.289. The van der Waals surface area contributed by atoms with Crippen LogP contribution in [0.15, 0.2) is 12.4 Å². The van der Waals surface area contributed by atoms with Crippen LogP contribution >= 0.6 is 0 Å². The van der Waals surface area contributed by atoms with Crippen molar-refractivity contribution in [2.45, 2.75) is 32.1 Å². The molecule has 2 aliphatic rings. The summed E-state index contributed by atoms with van der Waals surface area (Å²) in [5, 5.41) is 0. The van der Waals surface area contributed by atoms with Crippen molar-refractivity contribution in [3.63, 3.8) is 0 Å². The molecule has 0 aliphatic carbocycles. The first kappa shape index (κ1) is 16.7. The summed E-state index contributed by atoms with van der Waals surface area (Å²) >= 11 is 0. The highest BCUT2D eigenvalue weighted by Gasteiger charge is 2.24. The summed E-state index contributed by atoms with van der Waals surface area (Å²) in [4.78, 5) is 35.7. The molecule has 2 saturated heterocycles. The lowest BCUT2D eigenvalue weighted by atomic mass is 9.93.